The molecular weight excluding hydrogens is 413 g/mol. The molecule has 9 heteroatoms. The van der Waals surface area contributed by atoms with Crippen LogP contribution >= 0.6 is 24.8 Å². The summed E-state index contributed by atoms with van der Waals surface area (Å²) in [5, 5.41) is 4.03. The number of carbonyl (C=O) groups excluding carboxylic acids is 1. The van der Waals surface area contributed by atoms with E-state index in [1.54, 1.807) is 6.20 Å². The molecule has 3 heterocycles. The minimum Gasteiger partial charge on any atom is -0.341 e. The maximum atomic E-state index is 12.7. The van der Waals surface area contributed by atoms with Crippen molar-refractivity contribution in [1.82, 2.24) is 20.0 Å². The van der Waals surface area contributed by atoms with Gasteiger partial charge in [0, 0.05) is 25.2 Å². The molecule has 0 aliphatic carbocycles. The fourth-order valence-corrected chi connectivity index (χ4v) is 3.35. The summed E-state index contributed by atoms with van der Waals surface area (Å²) in [5.74, 6) is 1.21. The predicted octanol–water partition coefficient (Wildman–Crippen LogP) is 3.38. The molecule has 1 aromatic carbocycles. The van der Waals surface area contributed by atoms with Gasteiger partial charge in [0.1, 0.15) is 11.7 Å². The number of nitrogens with zero attached hydrogens (tertiary/aromatic N) is 4. The van der Waals surface area contributed by atoms with Gasteiger partial charge in [0.15, 0.2) is 0 Å². The number of hydrogen-bond donors (Lipinski definition) is 1. The third-order valence-electron chi connectivity index (χ3n) is 4.92. The molecule has 0 bridgehead atoms. The standard InChI is InChI=1S/C20H21N5O2.2ClH/c21-17(14-6-2-1-3-7-14)20(26)25-12-9-15(10-13-25)19-23-18(24-27-19)16-8-4-5-11-22-16;;/h1-8,11,15,17H,9-10,12-13,21H2;2*1H. The van der Waals surface area contributed by atoms with Crippen LogP contribution in [-0.4, -0.2) is 39.0 Å². The second-order valence-electron chi connectivity index (χ2n) is 6.66. The lowest BCUT2D eigenvalue weighted by Gasteiger charge is -2.32. The van der Waals surface area contributed by atoms with Crippen LogP contribution in [0.15, 0.2) is 59.3 Å². The lowest BCUT2D eigenvalue weighted by Crippen LogP contribution is -2.43. The van der Waals surface area contributed by atoms with E-state index in [1.165, 1.54) is 0 Å². The first kappa shape index (κ1) is 22.8. The van der Waals surface area contributed by atoms with Gasteiger partial charge in [0.05, 0.1) is 0 Å². The Bertz CT molecular complexity index is 900. The average Bonchev–Trinajstić information content (AvgIpc) is 3.24. The van der Waals surface area contributed by atoms with Crippen molar-refractivity contribution < 1.29 is 9.32 Å². The van der Waals surface area contributed by atoms with Crippen molar-refractivity contribution in [2.24, 2.45) is 5.73 Å². The Morgan fingerprint density at radius 1 is 1.07 bits per heavy atom. The summed E-state index contributed by atoms with van der Waals surface area (Å²) in [6, 6.07) is 14.4. The van der Waals surface area contributed by atoms with E-state index < -0.39 is 6.04 Å². The Balaban J connectivity index is 0.00000150. The fraction of sp³-hybridized carbons (Fsp3) is 0.300. The number of hydrogen-bond acceptors (Lipinski definition) is 6. The van der Waals surface area contributed by atoms with Crippen LogP contribution in [-0.2, 0) is 4.79 Å². The van der Waals surface area contributed by atoms with E-state index in [0.29, 0.717) is 30.5 Å². The molecule has 29 heavy (non-hydrogen) atoms. The molecule has 4 rings (SSSR count). The van der Waals surface area contributed by atoms with Crippen molar-refractivity contribution in [2.45, 2.75) is 24.8 Å². The van der Waals surface area contributed by atoms with Crippen LogP contribution in [0, 0.1) is 0 Å². The molecule has 0 saturated carbocycles. The third kappa shape index (κ3) is 5.12. The highest BCUT2D eigenvalue weighted by molar-refractivity contribution is 5.85. The molecule has 1 saturated heterocycles. The van der Waals surface area contributed by atoms with Crippen LogP contribution in [0.3, 0.4) is 0 Å². The predicted molar refractivity (Wildman–Crippen MR) is 114 cm³/mol. The highest BCUT2D eigenvalue weighted by Gasteiger charge is 2.30. The number of piperidine rings is 1. The summed E-state index contributed by atoms with van der Waals surface area (Å²) in [6.45, 7) is 1.26. The molecule has 1 aliphatic rings. The lowest BCUT2D eigenvalue weighted by atomic mass is 9.95. The first-order valence-corrected chi connectivity index (χ1v) is 9.06. The molecule has 1 fully saturated rings. The molecule has 2 N–H and O–H groups in total. The first-order valence-electron chi connectivity index (χ1n) is 9.06. The molecular formula is C20H23Cl2N5O2. The van der Waals surface area contributed by atoms with Gasteiger partial charge >= 0.3 is 0 Å². The third-order valence-corrected chi connectivity index (χ3v) is 4.92. The maximum absolute atomic E-state index is 12.7. The van der Waals surface area contributed by atoms with E-state index in [2.05, 4.69) is 15.1 Å². The molecule has 7 nitrogen and oxygen atoms in total. The van der Waals surface area contributed by atoms with Gasteiger partial charge in [-0.05, 0) is 30.5 Å². The van der Waals surface area contributed by atoms with E-state index in [4.69, 9.17) is 10.3 Å². The first-order chi connectivity index (χ1) is 13.2. The van der Waals surface area contributed by atoms with Crippen molar-refractivity contribution >= 4 is 30.7 Å². The zero-order valence-electron chi connectivity index (χ0n) is 15.7. The topological polar surface area (TPSA) is 98.1 Å². The van der Waals surface area contributed by atoms with Crippen molar-refractivity contribution in [3.63, 3.8) is 0 Å². The van der Waals surface area contributed by atoms with E-state index >= 15 is 0 Å². The van der Waals surface area contributed by atoms with Gasteiger partial charge in [-0.2, -0.15) is 4.98 Å². The van der Waals surface area contributed by atoms with Crippen LogP contribution in [0.4, 0.5) is 0 Å². The Labute approximate surface area is 181 Å². The highest BCUT2D eigenvalue weighted by Crippen LogP contribution is 2.29. The Morgan fingerprint density at radius 3 is 2.41 bits per heavy atom. The van der Waals surface area contributed by atoms with Gasteiger partial charge in [-0.25, -0.2) is 0 Å². The van der Waals surface area contributed by atoms with E-state index in [0.717, 1.165) is 18.4 Å². The van der Waals surface area contributed by atoms with Gasteiger partial charge < -0.3 is 15.2 Å². The average molecular weight is 436 g/mol. The molecule has 1 amide bonds. The lowest BCUT2D eigenvalue weighted by molar-refractivity contribution is -0.133. The number of pyridine rings is 1. The number of likely N-dealkylation sites (tertiary alicyclic amines) is 1. The molecule has 1 atom stereocenters. The van der Waals surface area contributed by atoms with Crippen molar-refractivity contribution in [3.8, 4) is 11.5 Å². The molecule has 1 unspecified atom stereocenters. The molecule has 2 aromatic heterocycles. The van der Waals surface area contributed by atoms with Crippen molar-refractivity contribution in [3.05, 3.63) is 66.2 Å². The van der Waals surface area contributed by atoms with Gasteiger partial charge in [0.25, 0.3) is 0 Å². The number of carbonyl (C=O) groups is 1. The summed E-state index contributed by atoms with van der Waals surface area (Å²) < 4.78 is 5.44. The number of nitrogens with two attached hydrogens (primary N) is 1. The minimum atomic E-state index is -0.623. The van der Waals surface area contributed by atoms with Crippen LogP contribution < -0.4 is 5.73 Å². The molecule has 3 aromatic rings. The monoisotopic (exact) mass is 435 g/mol. The summed E-state index contributed by atoms with van der Waals surface area (Å²) in [6.07, 6.45) is 3.25. The van der Waals surface area contributed by atoms with Crippen LogP contribution in [0.25, 0.3) is 11.5 Å². The number of halogens is 2. The minimum absolute atomic E-state index is 0. The maximum Gasteiger partial charge on any atom is 0.244 e. The van der Waals surface area contributed by atoms with Gasteiger partial charge in [-0.15, -0.1) is 24.8 Å². The normalized spacial score (nSPS) is 15.1. The molecule has 0 radical (unpaired) electrons. The molecule has 0 spiro atoms. The Hall–Kier alpha value is -2.48. The number of rotatable bonds is 4. The Kier molecular flexibility index (Phi) is 8.13. The van der Waals surface area contributed by atoms with Crippen LogP contribution in [0.5, 0.6) is 0 Å². The van der Waals surface area contributed by atoms with Gasteiger partial charge in [-0.1, -0.05) is 41.6 Å². The quantitative estimate of drug-likeness (QED) is 0.674. The summed E-state index contributed by atoms with van der Waals surface area (Å²) >= 11 is 0. The molecule has 1 aliphatic heterocycles. The second kappa shape index (κ2) is 10.3. The van der Waals surface area contributed by atoms with E-state index in [-0.39, 0.29) is 36.6 Å². The number of benzene rings is 1. The van der Waals surface area contributed by atoms with Gasteiger partial charge in [-0.3, -0.25) is 9.78 Å². The van der Waals surface area contributed by atoms with E-state index in [1.807, 2.05) is 53.4 Å². The SMILES string of the molecule is Cl.Cl.NC(C(=O)N1CCC(c2nc(-c3ccccn3)no2)CC1)c1ccccc1. The molecule has 154 valence electrons. The fourth-order valence-electron chi connectivity index (χ4n) is 3.35. The van der Waals surface area contributed by atoms with Gasteiger partial charge in [0.2, 0.25) is 17.6 Å². The van der Waals surface area contributed by atoms with Crippen LogP contribution in [0.1, 0.15) is 36.3 Å². The van der Waals surface area contributed by atoms with Crippen LogP contribution in [0.2, 0.25) is 0 Å². The zero-order valence-corrected chi connectivity index (χ0v) is 17.3. The number of aromatic nitrogens is 3. The smallest absolute Gasteiger partial charge is 0.244 e. The largest absolute Gasteiger partial charge is 0.341 e. The van der Waals surface area contributed by atoms with Crippen molar-refractivity contribution in [1.29, 1.82) is 0 Å². The zero-order chi connectivity index (χ0) is 18.6. The van der Waals surface area contributed by atoms with Crippen molar-refractivity contribution in [2.75, 3.05) is 13.1 Å². The highest BCUT2D eigenvalue weighted by atomic mass is 35.5. The summed E-state index contributed by atoms with van der Waals surface area (Å²) in [4.78, 5) is 23.2. The second-order valence-corrected chi connectivity index (χ2v) is 6.66. The van der Waals surface area contributed by atoms with E-state index in [9.17, 15) is 4.79 Å². The summed E-state index contributed by atoms with van der Waals surface area (Å²) in [7, 11) is 0. The summed E-state index contributed by atoms with van der Waals surface area (Å²) in [5.41, 5.74) is 7.67. The number of amides is 1. The Morgan fingerprint density at radius 2 is 1.76 bits per heavy atom.